The normalized spacial score (nSPS) is 13.2. The van der Waals surface area contributed by atoms with Crippen LogP contribution in [-0.4, -0.2) is 37.9 Å². The van der Waals surface area contributed by atoms with E-state index >= 15 is 0 Å². The fourth-order valence-corrected chi connectivity index (χ4v) is 6.99. The van der Waals surface area contributed by atoms with Crippen molar-refractivity contribution < 1.29 is 23.8 Å². The Morgan fingerprint density at radius 1 is 0.348 bits per heavy atom. The van der Waals surface area contributed by atoms with Gasteiger partial charge in [-0.05, 0) is 128 Å². The molecule has 5 nitrogen and oxygen atoms in total. The molecule has 0 amide bonds. The third-order valence-corrected chi connectivity index (χ3v) is 11.0. The van der Waals surface area contributed by atoms with E-state index in [9.17, 15) is 9.59 Å². The van der Waals surface area contributed by atoms with Gasteiger partial charge in [0, 0.05) is 19.4 Å². The maximum Gasteiger partial charge on any atom is 0.306 e. The van der Waals surface area contributed by atoms with Crippen molar-refractivity contribution in [1.29, 1.82) is 0 Å². The number of carbonyl (C=O) groups is 2. The molecule has 66 heavy (non-hydrogen) atoms. The second-order valence-corrected chi connectivity index (χ2v) is 17.4. The maximum atomic E-state index is 12.8. The van der Waals surface area contributed by atoms with Gasteiger partial charge in [-0.15, -0.1) is 0 Å². The predicted molar refractivity (Wildman–Crippen MR) is 288 cm³/mol. The van der Waals surface area contributed by atoms with Crippen molar-refractivity contribution in [2.75, 3.05) is 19.8 Å². The Morgan fingerprint density at radius 3 is 1.09 bits per heavy atom. The second-order valence-electron chi connectivity index (χ2n) is 17.4. The highest BCUT2D eigenvalue weighted by molar-refractivity contribution is 5.70. The minimum absolute atomic E-state index is 0.0507. The minimum Gasteiger partial charge on any atom is -0.462 e. The zero-order chi connectivity index (χ0) is 47.7. The molecule has 0 spiro atoms. The lowest BCUT2D eigenvalue weighted by molar-refractivity contribution is -0.163. The van der Waals surface area contributed by atoms with Gasteiger partial charge >= 0.3 is 11.9 Å². The van der Waals surface area contributed by atoms with E-state index in [1.165, 1.54) is 57.8 Å². The van der Waals surface area contributed by atoms with Gasteiger partial charge in [0.25, 0.3) is 0 Å². The van der Waals surface area contributed by atoms with Crippen LogP contribution in [0.5, 0.6) is 0 Å². The van der Waals surface area contributed by atoms with Crippen molar-refractivity contribution >= 4 is 11.9 Å². The molecule has 0 aromatic rings. The maximum absolute atomic E-state index is 12.8. The first-order chi connectivity index (χ1) is 32.6. The summed E-state index contributed by atoms with van der Waals surface area (Å²) >= 11 is 0. The molecule has 0 saturated heterocycles. The van der Waals surface area contributed by atoms with E-state index in [-0.39, 0.29) is 25.2 Å². The SMILES string of the molecule is CC/C=C\C/C=C\C/C=C\C/C=C\CCCCCOCC(COC(=O)CCCCCCCC/C=C\C/C=C\C/C=C\CCCCC)OC(=O)CCCCCCC/C=C\C/C=C\C/C=C\CC. The predicted octanol–water partition coefficient (Wildman–Crippen LogP) is 18.6. The summed E-state index contributed by atoms with van der Waals surface area (Å²) in [5.74, 6) is -0.456. The van der Waals surface area contributed by atoms with E-state index in [1.54, 1.807) is 0 Å². The summed E-state index contributed by atoms with van der Waals surface area (Å²) in [6.07, 6.45) is 77.8. The molecule has 0 aromatic carbocycles. The molecular formula is C61H100O5. The molecule has 0 rings (SSSR count). The van der Waals surface area contributed by atoms with Crippen molar-refractivity contribution in [3.63, 3.8) is 0 Å². The molecule has 0 saturated carbocycles. The Labute approximate surface area is 407 Å². The van der Waals surface area contributed by atoms with Gasteiger partial charge in [-0.1, -0.05) is 206 Å². The van der Waals surface area contributed by atoms with Crippen molar-refractivity contribution in [1.82, 2.24) is 0 Å². The summed E-state index contributed by atoms with van der Waals surface area (Å²) in [4.78, 5) is 25.5. The standard InChI is InChI=1S/C61H100O5/c1-4-7-10-13-16-19-22-25-28-30-31-32-34-36-39-42-45-48-51-54-60(62)65-58-59(57-64-56-53-50-47-44-41-38-35-29-26-23-20-17-14-11-8-5-2)66-61(63)55-52-49-46-43-40-37-33-27-24-21-18-15-12-9-6-3/h8-9,11-12,16-21,25-29,31-33,38,41,59H,4-7,10,13-15,22-24,30,34-37,39-40,42-58H2,1-3H3/b11-8-,12-9-,19-16-,20-17-,21-18-,28-25-,29-26-,32-31-,33-27-,41-38-. The first kappa shape index (κ1) is 62.3. The fourth-order valence-electron chi connectivity index (χ4n) is 6.99. The summed E-state index contributed by atoms with van der Waals surface area (Å²) in [5, 5.41) is 0. The lowest BCUT2D eigenvalue weighted by Gasteiger charge is -2.18. The Morgan fingerprint density at radius 2 is 0.682 bits per heavy atom. The second kappa shape index (κ2) is 55.6. The molecule has 5 heteroatoms. The Bertz CT molecular complexity index is 1350. The molecule has 1 atom stereocenters. The molecule has 0 aliphatic carbocycles. The van der Waals surface area contributed by atoms with Crippen LogP contribution >= 0.6 is 0 Å². The van der Waals surface area contributed by atoms with E-state index in [4.69, 9.17) is 14.2 Å². The van der Waals surface area contributed by atoms with Crippen LogP contribution in [-0.2, 0) is 23.8 Å². The van der Waals surface area contributed by atoms with Crippen molar-refractivity contribution in [2.45, 2.75) is 232 Å². The number of carbonyl (C=O) groups excluding carboxylic acids is 2. The van der Waals surface area contributed by atoms with Gasteiger partial charge in [0.1, 0.15) is 6.61 Å². The van der Waals surface area contributed by atoms with Crippen molar-refractivity contribution in [2.24, 2.45) is 0 Å². The van der Waals surface area contributed by atoms with Crippen molar-refractivity contribution in [3.8, 4) is 0 Å². The van der Waals surface area contributed by atoms with E-state index in [0.717, 1.165) is 135 Å². The van der Waals surface area contributed by atoms with Gasteiger partial charge < -0.3 is 14.2 Å². The molecule has 374 valence electrons. The molecule has 0 bridgehead atoms. The summed E-state index contributed by atoms with van der Waals surface area (Å²) < 4.78 is 17.4. The number of allylic oxidation sites excluding steroid dienone is 20. The van der Waals surface area contributed by atoms with E-state index in [2.05, 4.69) is 142 Å². The van der Waals surface area contributed by atoms with E-state index in [0.29, 0.717) is 19.4 Å². The highest BCUT2D eigenvalue weighted by Crippen LogP contribution is 2.13. The van der Waals surface area contributed by atoms with E-state index < -0.39 is 6.10 Å². The zero-order valence-electron chi connectivity index (χ0n) is 42.9. The van der Waals surface area contributed by atoms with Gasteiger partial charge in [-0.25, -0.2) is 0 Å². The Hall–Kier alpha value is -3.70. The average molecular weight is 913 g/mol. The quantitative estimate of drug-likeness (QED) is 0.0346. The molecule has 0 radical (unpaired) electrons. The number of esters is 2. The number of rotatable bonds is 48. The number of hydrogen-bond acceptors (Lipinski definition) is 5. The molecule has 0 N–H and O–H groups in total. The monoisotopic (exact) mass is 913 g/mol. The lowest BCUT2D eigenvalue weighted by Crippen LogP contribution is -2.30. The first-order valence-corrected chi connectivity index (χ1v) is 27.1. The third kappa shape index (κ3) is 52.9. The largest absolute Gasteiger partial charge is 0.462 e. The molecule has 0 heterocycles. The van der Waals surface area contributed by atoms with Crippen LogP contribution in [0.3, 0.4) is 0 Å². The summed E-state index contributed by atoms with van der Waals surface area (Å²) in [7, 11) is 0. The van der Waals surface area contributed by atoms with Crippen LogP contribution in [0.2, 0.25) is 0 Å². The smallest absolute Gasteiger partial charge is 0.306 e. The molecule has 0 aliphatic rings. The van der Waals surface area contributed by atoms with Crippen LogP contribution in [0.1, 0.15) is 226 Å². The van der Waals surface area contributed by atoms with Gasteiger partial charge in [0.05, 0.1) is 6.61 Å². The molecule has 0 aromatic heterocycles. The van der Waals surface area contributed by atoms with Gasteiger partial charge in [-0.3, -0.25) is 9.59 Å². The van der Waals surface area contributed by atoms with Crippen molar-refractivity contribution in [3.05, 3.63) is 122 Å². The van der Waals surface area contributed by atoms with Crippen LogP contribution < -0.4 is 0 Å². The zero-order valence-corrected chi connectivity index (χ0v) is 42.9. The first-order valence-electron chi connectivity index (χ1n) is 27.1. The van der Waals surface area contributed by atoms with Gasteiger partial charge in [0.15, 0.2) is 6.10 Å². The average Bonchev–Trinajstić information content (AvgIpc) is 3.32. The van der Waals surface area contributed by atoms with Gasteiger partial charge in [-0.2, -0.15) is 0 Å². The number of unbranched alkanes of at least 4 members (excludes halogenated alkanes) is 17. The Kier molecular flexibility index (Phi) is 52.5. The van der Waals surface area contributed by atoms with E-state index in [1.807, 2.05) is 0 Å². The minimum atomic E-state index is -0.576. The van der Waals surface area contributed by atoms with Crippen LogP contribution in [0.25, 0.3) is 0 Å². The van der Waals surface area contributed by atoms with Crippen LogP contribution in [0.15, 0.2) is 122 Å². The third-order valence-electron chi connectivity index (χ3n) is 11.0. The molecule has 1 unspecified atom stereocenters. The van der Waals surface area contributed by atoms with Gasteiger partial charge in [0.2, 0.25) is 0 Å². The topological polar surface area (TPSA) is 61.8 Å². The fraction of sp³-hybridized carbons (Fsp3) is 0.639. The number of hydrogen-bond donors (Lipinski definition) is 0. The highest BCUT2D eigenvalue weighted by atomic mass is 16.6. The summed E-state index contributed by atoms with van der Waals surface area (Å²) in [5.41, 5.74) is 0. The lowest BCUT2D eigenvalue weighted by atomic mass is 10.1. The molecular weight excluding hydrogens is 813 g/mol. The molecule has 0 aliphatic heterocycles. The highest BCUT2D eigenvalue weighted by Gasteiger charge is 2.17. The van der Waals surface area contributed by atoms with Crippen LogP contribution in [0, 0.1) is 0 Å². The summed E-state index contributed by atoms with van der Waals surface area (Å²) in [6.45, 7) is 7.46. The number of ether oxygens (including phenoxy) is 3. The summed E-state index contributed by atoms with van der Waals surface area (Å²) in [6, 6.07) is 0. The Balaban J connectivity index is 4.40. The van der Waals surface area contributed by atoms with Crippen LogP contribution in [0.4, 0.5) is 0 Å². The molecule has 0 fully saturated rings.